The summed E-state index contributed by atoms with van der Waals surface area (Å²) in [6, 6.07) is 21.9. The van der Waals surface area contributed by atoms with Crippen LogP contribution in [0.3, 0.4) is 0 Å². The van der Waals surface area contributed by atoms with E-state index >= 15 is 0 Å². The quantitative estimate of drug-likeness (QED) is 0.693. The molecule has 1 aliphatic heterocycles. The second-order valence-corrected chi connectivity index (χ2v) is 7.01. The zero-order chi connectivity index (χ0) is 19.3. The van der Waals surface area contributed by atoms with Crippen molar-refractivity contribution >= 4 is 23.0 Å². The summed E-state index contributed by atoms with van der Waals surface area (Å²) in [4.78, 5) is 13.7. The third-order valence-corrected chi connectivity index (χ3v) is 5.17. The standard InChI is InChI=1S/C23H23N3O2/c27-23(28)22-11-4-2-7-19(22)16-24-26-14-12-25(13-15-26)17-20-9-5-8-18-6-1-3-10-21(18)20/h1-11,16H,12-15,17H2,(H,27,28). The van der Waals surface area contributed by atoms with Crippen LogP contribution in [-0.2, 0) is 6.54 Å². The highest BCUT2D eigenvalue weighted by atomic mass is 16.4. The Bertz CT molecular complexity index is 1000. The molecule has 3 aromatic rings. The number of carbonyl (C=O) groups is 1. The molecule has 0 amide bonds. The van der Waals surface area contributed by atoms with Gasteiger partial charge in [-0.3, -0.25) is 9.91 Å². The fourth-order valence-electron chi connectivity index (χ4n) is 3.63. The van der Waals surface area contributed by atoms with Crippen LogP contribution in [0.5, 0.6) is 0 Å². The van der Waals surface area contributed by atoms with Crippen molar-refractivity contribution in [2.45, 2.75) is 6.54 Å². The first-order valence-electron chi connectivity index (χ1n) is 9.51. The molecule has 0 spiro atoms. The minimum Gasteiger partial charge on any atom is -0.478 e. The lowest BCUT2D eigenvalue weighted by Crippen LogP contribution is -2.43. The fourth-order valence-corrected chi connectivity index (χ4v) is 3.63. The number of hydrogen-bond donors (Lipinski definition) is 1. The van der Waals surface area contributed by atoms with Crippen LogP contribution >= 0.6 is 0 Å². The molecule has 0 atom stereocenters. The predicted molar refractivity (Wildman–Crippen MR) is 112 cm³/mol. The van der Waals surface area contributed by atoms with E-state index in [-0.39, 0.29) is 5.56 Å². The van der Waals surface area contributed by atoms with Gasteiger partial charge in [0, 0.05) is 38.3 Å². The molecule has 0 radical (unpaired) electrons. The molecular formula is C23H23N3O2. The van der Waals surface area contributed by atoms with Crippen molar-refractivity contribution in [3.8, 4) is 0 Å². The number of piperazine rings is 1. The van der Waals surface area contributed by atoms with Gasteiger partial charge in [-0.25, -0.2) is 4.79 Å². The van der Waals surface area contributed by atoms with Crippen molar-refractivity contribution in [1.29, 1.82) is 0 Å². The van der Waals surface area contributed by atoms with Crippen LogP contribution < -0.4 is 0 Å². The Labute approximate surface area is 164 Å². The zero-order valence-electron chi connectivity index (χ0n) is 15.7. The second kappa shape index (κ2) is 8.23. The largest absolute Gasteiger partial charge is 0.478 e. The highest BCUT2D eigenvalue weighted by molar-refractivity contribution is 5.98. The smallest absolute Gasteiger partial charge is 0.336 e. The lowest BCUT2D eigenvalue weighted by atomic mass is 10.0. The lowest BCUT2D eigenvalue weighted by molar-refractivity contribution is 0.0696. The van der Waals surface area contributed by atoms with E-state index in [1.165, 1.54) is 16.3 Å². The number of benzene rings is 3. The molecule has 0 aromatic heterocycles. The van der Waals surface area contributed by atoms with Gasteiger partial charge in [0.2, 0.25) is 0 Å². The van der Waals surface area contributed by atoms with E-state index < -0.39 is 5.97 Å². The summed E-state index contributed by atoms with van der Waals surface area (Å²) in [7, 11) is 0. The van der Waals surface area contributed by atoms with Crippen LogP contribution in [-0.4, -0.2) is 53.4 Å². The van der Waals surface area contributed by atoms with Crippen molar-refractivity contribution in [1.82, 2.24) is 9.91 Å². The maximum Gasteiger partial charge on any atom is 0.336 e. The molecule has 1 saturated heterocycles. The molecule has 1 heterocycles. The van der Waals surface area contributed by atoms with E-state index in [1.54, 1.807) is 24.4 Å². The van der Waals surface area contributed by atoms with Gasteiger partial charge in [-0.05, 0) is 22.4 Å². The van der Waals surface area contributed by atoms with Crippen molar-refractivity contribution < 1.29 is 9.90 Å². The normalized spacial score (nSPS) is 15.4. The topological polar surface area (TPSA) is 56.1 Å². The lowest BCUT2D eigenvalue weighted by Gasteiger charge is -2.33. The Morgan fingerprint density at radius 1 is 0.929 bits per heavy atom. The minimum absolute atomic E-state index is 0.279. The van der Waals surface area contributed by atoms with Gasteiger partial charge >= 0.3 is 5.97 Å². The third-order valence-electron chi connectivity index (χ3n) is 5.17. The third kappa shape index (κ3) is 4.05. The molecule has 0 saturated carbocycles. The first kappa shape index (κ1) is 18.2. The summed E-state index contributed by atoms with van der Waals surface area (Å²) in [5, 5.41) is 18.4. The Hall–Kier alpha value is -3.18. The number of aromatic carboxylic acids is 1. The number of carboxylic acid groups (broad SMARTS) is 1. The molecule has 0 aliphatic carbocycles. The van der Waals surface area contributed by atoms with Gasteiger partial charge in [-0.2, -0.15) is 5.10 Å². The summed E-state index contributed by atoms with van der Waals surface area (Å²) in [6.45, 7) is 4.45. The summed E-state index contributed by atoms with van der Waals surface area (Å²) >= 11 is 0. The average molecular weight is 373 g/mol. The molecule has 5 nitrogen and oxygen atoms in total. The summed E-state index contributed by atoms with van der Waals surface area (Å²) in [5.41, 5.74) is 2.26. The van der Waals surface area contributed by atoms with Crippen LogP contribution in [0.4, 0.5) is 0 Å². The van der Waals surface area contributed by atoms with Gasteiger partial charge < -0.3 is 5.11 Å². The maximum absolute atomic E-state index is 11.3. The number of carboxylic acids is 1. The van der Waals surface area contributed by atoms with Gasteiger partial charge in [0.1, 0.15) is 0 Å². The molecule has 142 valence electrons. The number of hydrogen-bond acceptors (Lipinski definition) is 4. The van der Waals surface area contributed by atoms with E-state index in [1.807, 2.05) is 11.1 Å². The Balaban J connectivity index is 1.38. The van der Waals surface area contributed by atoms with Gasteiger partial charge in [-0.15, -0.1) is 0 Å². The van der Waals surface area contributed by atoms with Gasteiger partial charge in [-0.1, -0.05) is 60.7 Å². The summed E-state index contributed by atoms with van der Waals surface area (Å²) in [6.07, 6.45) is 1.66. The summed E-state index contributed by atoms with van der Waals surface area (Å²) < 4.78 is 0. The SMILES string of the molecule is O=C(O)c1ccccc1C=NN1CCN(Cc2cccc3ccccc23)CC1. The molecule has 0 bridgehead atoms. The fraction of sp³-hybridized carbons (Fsp3) is 0.217. The van der Waals surface area contributed by atoms with E-state index in [0.717, 1.165) is 32.7 Å². The Kier molecular flexibility index (Phi) is 5.35. The number of fused-ring (bicyclic) bond motifs is 1. The molecule has 5 heteroatoms. The molecular weight excluding hydrogens is 350 g/mol. The monoisotopic (exact) mass is 373 g/mol. The predicted octanol–water partition coefficient (Wildman–Crippen LogP) is 3.69. The van der Waals surface area contributed by atoms with Crippen LogP contribution in [0.25, 0.3) is 10.8 Å². The van der Waals surface area contributed by atoms with Gasteiger partial charge in [0.05, 0.1) is 11.8 Å². The summed E-state index contributed by atoms with van der Waals surface area (Å²) in [5.74, 6) is -0.929. The van der Waals surface area contributed by atoms with Crippen molar-refractivity contribution in [2.75, 3.05) is 26.2 Å². The van der Waals surface area contributed by atoms with Crippen molar-refractivity contribution in [3.63, 3.8) is 0 Å². The highest BCUT2D eigenvalue weighted by Gasteiger charge is 2.16. The molecule has 4 rings (SSSR count). The molecule has 0 unspecified atom stereocenters. The average Bonchev–Trinajstić information content (AvgIpc) is 2.74. The molecule has 28 heavy (non-hydrogen) atoms. The molecule has 1 N–H and O–H groups in total. The number of hydrazone groups is 1. The molecule has 1 fully saturated rings. The highest BCUT2D eigenvalue weighted by Crippen LogP contribution is 2.20. The van der Waals surface area contributed by atoms with E-state index in [0.29, 0.717) is 5.56 Å². The van der Waals surface area contributed by atoms with Crippen LogP contribution in [0.2, 0.25) is 0 Å². The van der Waals surface area contributed by atoms with E-state index in [4.69, 9.17) is 0 Å². The van der Waals surface area contributed by atoms with Gasteiger partial charge in [0.15, 0.2) is 0 Å². The van der Waals surface area contributed by atoms with Crippen molar-refractivity contribution in [3.05, 3.63) is 83.4 Å². The molecule has 3 aromatic carbocycles. The molecule has 1 aliphatic rings. The first-order valence-corrected chi connectivity index (χ1v) is 9.51. The second-order valence-electron chi connectivity index (χ2n) is 7.01. The Morgan fingerprint density at radius 2 is 1.64 bits per heavy atom. The van der Waals surface area contributed by atoms with Gasteiger partial charge in [0.25, 0.3) is 0 Å². The van der Waals surface area contributed by atoms with Crippen LogP contribution in [0.15, 0.2) is 71.8 Å². The number of nitrogens with zero attached hydrogens (tertiary/aromatic N) is 3. The van der Waals surface area contributed by atoms with Crippen molar-refractivity contribution in [2.24, 2.45) is 5.10 Å². The zero-order valence-corrected chi connectivity index (χ0v) is 15.7. The first-order chi connectivity index (χ1) is 13.7. The van der Waals surface area contributed by atoms with Crippen LogP contribution in [0.1, 0.15) is 21.5 Å². The number of rotatable bonds is 5. The van der Waals surface area contributed by atoms with E-state index in [9.17, 15) is 9.90 Å². The Morgan fingerprint density at radius 3 is 2.46 bits per heavy atom. The van der Waals surface area contributed by atoms with Crippen LogP contribution in [0, 0.1) is 0 Å². The maximum atomic E-state index is 11.3. The van der Waals surface area contributed by atoms with E-state index in [2.05, 4.69) is 52.5 Å². The minimum atomic E-state index is -0.929.